The molecule has 0 aromatic carbocycles. The van der Waals surface area contributed by atoms with Crippen molar-refractivity contribution in [1.82, 2.24) is 0 Å². The van der Waals surface area contributed by atoms with Crippen LogP contribution in [-0.4, -0.2) is 25.2 Å². The topological polar surface area (TPSA) is 52.6 Å². The number of carbonyl (C=O) groups excluding carboxylic acids is 2. The lowest BCUT2D eigenvalue weighted by atomic mass is 10.3. The first-order valence-electron chi connectivity index (χ1n) is 6.66. The first-order valence-corrected chi connectivity index (χ1v) is 6.66. The van der Waals surface area contributed by atoms with Crippen LogP contribution in [0.3, 0.4) is 0 Å². The van der Waals surface area contributed by atoms with Gasteiger partial charge in [0.05, 0.1) is 26.1 Å². The van der Waals surface area contributed by atoms with E-state index in [0.29, 0.717) is 13.2 Å². The van der Waals surface area contributed by atoms with Crippen LogP contribution in [0.25, 0.3) is 0 Å². The Balaban J connectivity index is 3.51. The van der Waals surface area contributed by atoms with Crippen LogP contribution in [0.15, 0.2) is 12.2 Å². The summed E-state index contributed by atoms with van der Waals surface area (Å²) in [6.45, 7) is 5.03. The van der Waals surface area contributed by atoms with E-state index in [9.17, 15) is 9.59 Å². The third kappa shape index (κ3) is 11.2. The van der Waals surface area contributed by atoms with Gasteiger partial charge in [-0.15, -0.1) is 0 Å². The Bertz CT molecular complexity index is 233. The maximum atomic E-state index is 11.2. The molecule has 0 saturated heterocycles. The van der Waals surface area contributed by atoms with Crippen LogP contribution < -0.4 is 0 Å². The molecule has 0 spiro atoms. The lowest BCUT2D eigenvalue weighted by Gasteiger charge is -2.01. The summed E-state index contributed by atoms with van der Waals surface area (Å²) in [5, 5.41) is 0. The predicted molar refractivity (Wildman–Crippen MR) is 70.1 cm³/mol. The molecule has 104 valence electrons. The molecule has 4 heteroatoms. The second-order valence-corrected chi connectivity index (χ2v) is 4.03. The van der Waals surface area contributed by atoms with Crippen molar-refractivity contribution in [3.63, 3.8) is 0 Å². The Morgan fingerprint density at radius 2 is 1.22 bits per heavy atom. The van der Waals surface area contributed by atoms with Gasteiger partial charge in [-0.2, -0.15) is 0 Å². The largest absolute Gasteiger partial charge is 0.465 e. The molecular weight excluding hydrogens is 232 g/mol. The second-order valence-electron chi connectivity index (χ2n) is 4.03. The van der Waals surface area contributed by atoms with E-state index in [2.05, 4.69) is 0 Å². The van der Waals surface area contributed by atoms with E-state index in [1.165, 1.54) is 0 Å². The standard InChI is InChI=1S/C14H24O4/c1-3-5-11-17-13(15)9-7-8-10-14(16)18-12-6-4-2/h7-8H,3-6,9-12H2,1-2H3/b8-7-. The van der Waals surface area contributed by atoms with Crippen molar-refractivity contribution in [3.8, 4) is 0 Å². The maximum absolute atomic E-state index is 11.2. The van der Waals surface area contributed by atoms with Crippen molar-refractivity contribution in [1.29, 1.82) is 0 Å². The minimum absolute atomic E-state index is 0.214. The number of carbonyl (C=O) groups is 2. The average molecular weight is 256 g/mol. The first kappa shape index (κ1) is 16.7. The number of hydrogen-bond donors (Lipinski definition) is 0. The Morgan fingerprint density at radius 3 is 1.56 bits per heavy atom. The Labute approximate surface area is 109 Å². The van der Waals surface area contributed by atoms with E-state index in [1.807, 2.05) is 13.8 Å². The summed E-state index contributed by atoms with van der Waals surface area (Å²) in [5.74, 6) is -0.502. The third-order valence-corrected chi connectivity index (χ3v) is 2.26. The summed E-state index contributed by atoms with van der Waals surface area (Å²) in [6, 6.07) is 0. The summed E-state index contributed by atoms with van der Waals surface area (Å²) in [5.41, 5.74) is 0. The molecule has 0 aromatic rings. The predicted octanol–water partition coefficient (Wildman–Crippen LogP) is 3.01. The van der Waals surface area contributed by atoms with E-state index < -0.39 is 0 Å². The van der Waals surface area contributed by atoms with Crippen LogP contribution in [0.1, 0.15) is 52.4 Å². The molecule has 4 nitrogen and oxygen atoms in total. The number of hydrogen-bond acceptors (Lipinski definition) is 4. The number of esters is 2. The fourth-order valence-electron chi connectivity index (χ4n) is 1.14. The second kappa shape index (κ2) is 12.1. The van der Waals surface area contributed by atoms with Gasteiger partial charge in [-0.05, 0) is 12.8 Å². The zero-order chi connectivity index (χ0) is 13.6. The first-order chi connectivity index (χ1) is 8.70. The normalized spacial score (nSPS) is 10.6. The Kier molecular flexibility index (Phi) is 11.3. The zero-order valence-electron chi connectivity index (χ0n) is 11.4. The smallest absolute Gasteiger partial charge is 0.309 e. The van der Waals surface area contributed by atoms with E-state index in [-0.39, 0.29) is 24.8 Å². The van der Waals surface area contributed by atoms with Gasteiger partial charge in [-0.3, -0.25) is 9.59 Å². The van der Waals surface area contributed by atoms with Gasteiger partial charge in [-0.25, -0.2) is 0 Å². The quantitative estimate of drug-likeness (QED) is 0.342. The Hall–Kier alpha value is -1.32. The lowest BCUT2D eigenvalue weighted by Crippen LogP contribution is -2.05. The van der Waals surface area contributed by atoms with Gasteiger partial charge in [-0.1, -0.05) is 38.8 Å². The zero-order valence-corrected chi connectivity index (χ0v) is 11.4. The van der Waals surface area contributed by atoms with Crippen molar-refractivity contribution >= 4 is 11.9 Å². The third-order valence-electron chi connectivity index (χ3n) is 2.26. The fraction of sp³-hybridized carbons (Fsp3) is 0.714. The van der Waals surface area contributed by atoms with Crippen LogP contribution in [0, 0.1) is 0 Å². The van der Waals surface area contributed by atoms with Crippen LogP contribution in [0.5, 0.6) is 0 Å². The summed E-state index contributed by atoms with van der Waals surface area (Å²) >= 11 is 0. The molecule has 0 fully saturated rings. The van der Waals surface area contributed by atoms with Gasteiger partial charge < -0.3 is 9.47 Å². The number of ether oxygens (including phenoxy) is 2. The molecule has 0 rings (SSSR count). The molecule has 0 radical (unpaired) electrons. The molecule has 0 heterocycles. The molecular formula is C14H24O4. The molecule has 0 unspecified atom stereocenters. The highest BCUT2D eigenvalue weighted by molar-refractivity contribution is 5.73. The summed E-state index contributed by atoms with van der Waals surface area (Å²) in [6.07, 6.45) is 7.51. The van der Waals surface area contributed by atoms with Crippen LogP contribution >= 0.6 is 0 Å². The minimum Gasteiger partial charge on any atom is -0.465 e. The van der Waals surface area contributed by atoms with Crippen molar-refractivity contribution in [2.75, 3.05) is 13.2 Å². The van der Waals surface area contributed by atoms with E-state index >= 15 is 0 Å². The summed E-state index contributed by atoms with van der Waals surface area (Å²) in [7, 11) is 0. The fourth-order valence-corrected chi connectivity index (χ4v) is 1.14. The van der Waals surface area contributed by atoms with Gasteiger partial charge in [0.1, 0.15) is 0 Å². The number of unbranched alkanes of at least 4 members (excludes halogenated alkanes) is 2. The highest BCUT2D eigenvalue weighted by Crippen LogP contribution is 1.96. The van der Waals surface area contributed by atoms with E-state index in [4.69, 9.17) is 9.47 Å². The Morgan fingerprint density at radius 1 is 0.833 bits per heavy atom. The van der Waals surface area contributed by atoms with Gasteiger partial charge in [0.25, 0.3) is 0 Å². The SMILES string of the molecule is CCCCOC(=O)C/C=C\CC(=O)OCCCC. The molecule has 0 aliphatic heterocycles. The van der Waals surface area contributed by atoms with Gasteiger partial charge in [0.2, 0.25) is 0 Å². The molecule has 0 aliphatic carbocycles. The van der Waals surface area contributed by atoms with Crippen LogP contribution in [-0.2, 0) is 19.1 Å². The van der Waals surface area contributed by atoms with Crippen molar-refractivity contribution in [2.45, 2.75) is 52.4 Å². The number of rotatable bonds is 10. The molecule has 18 heavy (non-hydrogen) atoms. The highest BCUT2D eigenvalue weighted by atomic mass is 16.5. The molecule has 0 aromatic heterocycles. The van der Waals surface area contributed by atoms with E-state index in [0.717, 1.165) is 25.7 Å². The molecule has 0 saturated carbocycles. The lowest BCUT2D eigenvalue weighted by molar-refractivity contribution is -0.144. The minimum atomic E-state index is -0.251. The average Bonchev–Trinajstić information content (AvgIpc) is 2.35. The van der Waals surface area contributed by atoms with Crippen LogP contribution in [0.4, 0.5) is 0 Å². The monoisotopic (exact) mass is 256 g/mol. The molecule has 0 amide bonds. The van der Waals surface area contributed by atoms with Gasteiger partial charge in [0.15, 0.2) is 0 Å². The highest BCUT2D eigenvalue weighted by Gasteiger charge is 2.00. The van der Waals surface area contributed by atoms with Crippen molar-refractivity contribution < 1.29 is 19.1 Å². The molecule has 0 aliphatic rings. The van der Waals surface area contributed by atoms with Crippen LogP contribution in [0.2, 0.25) is 0 Å². The van der Waals surface area contributed by atoms with E-state index in [1.54, 1.807) is 12.2 Å². The van der Waals surface area contributed by atoms with Gasteiger partial charge >= 0.3 is 11.9 Å². The molecule has 0 N–H and O–H groups in total. The van der Waals surface area contributed by atoms with Crippen molar-refractivity contribution in [3.05, 3.63) is 12.2 Å². The molecule has 0 atom stereocenters. The summed E-state index contributed by atoms with van der Waals surface area (Å²) < 4.78 is 9.93. The maximum Gasteiger partial charge on any atom is 0.309 e. The summed E-state index contributed by atoms with van der Waals surface area (Å²) in [4.78, 5) is 22.4. The van der Waals surface area contributed by atoms with Gasteiger partial charge in [0, 0.05) is 0 Å². The molecule has 0 bridgehead atoms. The van der Waals surface area contributed by atoms with Crippen molar-refractivity contribution in [2.24, 2.45) is 0 Å².